The van der Waals surface area contributed by atoms with Crippen molar-refractivity contribution in [1.82, 2.24) is 9.80 Å². The maximum atomic E-state index is 12.0. The summed E-state index contributed by atoms with van der Waals surface area (Å²) in [6, 6.07) is 0.177. The Balaban J connectivity index is 2.50. The van der Waals surface area contributed by atoms with E-state index >= 15 is 0 Å². The largest absolute Gasteiger partial charge is 0.480 e. The van der Waals surface area contributed by atoms with Crippen molar-refractivity contribution in [2.45, 2.75) is 52.7 Å². The lowest BCUT2D eigenvalue weighted by Gasteiger charge is -2.28. The van der Waals surface area contributed by atoms with E-state index in [0.717, 1.165) is 6.42 Å². The van der Waals surface area contributed by atoms with Crippen molar-refractivity contribution in [3.05, 3.63) is 0 Å². The highest BCUT2D eigenvalue weighted by molar-refractivity contribution is 5.69. The number of hydrogen-bond donors (Lipinski definition) is 1. The van der Waals surface area contributed by atoms with Crippen LogP contribution in [0.1, 0.15) is 41.0 Å². The van der Waals surface area contributed by atoms with Crippen molar-refractivity contribution >= 4 is 12.1 Å². The van der Waals surface area contributed by atoms with Gasteiger partial charge in [-0.05, 0) is 47.0 Å². The number of ether oxygens (including phenoxy) is 1. The molecule has 1 amide bonds. The summed E-state index contributed by atoms with van der Waals surface area (Å²) in [5, 5.41) is 8.95. The highest BCUT2D eigenvalue weighted by Gasteiger charge is 2.31. The molecule has 1 saturated heterocycles. The van der Waals surface area contributed by atoms with Gasteiger partial charge >= 0.3 is 12.1 Å². The zero-order valence-corrected chi connectivity index (χ0v) is 13.8. The predicted octanol–water partition coefficient (Wildman–Crippen LogP) is 2.04. The van der Waals surface area contributed by atoms with Crippen molar-refractivity contribution in [1.29, 1.82) is 0 Å². The quantitative estimate of drug-likeness (QED) is 0.841. The van der Waals surface area contributed by atoms with Gasteiger partial charge in [0.25, 0.3) is 0 Å². The average molecular weight is 300 g/mol. The third-order valence-corrected chi connectivity index (χ3v) is 3.50. The Labute approximate surface area is 127 Å². The molecule has 1 aliphatic rings. The van der Waals surface area contributed by atoms with Gasteiger partial charge in [-0.2, -0.15) is 0 Å². The molecule has 0 saturated carbocycles. The Kier molecular flexibility index (Phi) is 6.01. The summed E-state index contributed by atoms with van der Waals surface area (Å²) in [6.07, 6.45) is 0.613. The van der Waals surface area contributed by atoms with Crippen molar-refractivity contribution in [2.75, 3.05) is 26.2 Å². The van der Waals surface area contributed by atoms with Crippen LogP contribution in [-0.4, -0.2) is 64.8 Å². The molecule has 122 valence electrons. The number of carbonyl (C=O) groups is 2. The van der Waals surface area contributed by atoms with E-state index in [9.17, 15) is 9.59 Å². The van der Waals surface area contributed by atoms with E-state index in [1.165, 1.54) is 0 Å². The summed E-state index contributed by atoms with van der Waals surface area (Å²) >= 11 is 0. The number of nitrogens with zero attached hydrogens (tertiary/aromatic N) is 2. The molecule has 1 fully saturated rings. The lowest BCUT2D eigenvalue weighted by atomic mass is 10.1. The molecule has 0 spiro atoms. The van der Waals surface area contributed by atoms with Gasteiger partial charge in [-0.15, -0.1) is 0 Å². The first-order valence-electron chi connectivity index (χ1n) is 7.52. The van der Waals surface area contributed by atoms with E-state index in [1.54, 1.807) is 4.90 Å². The maximum Gasteiger partial charge on any atom is 0.410 e. The molecule has 1 rings (SSSR count). The number of carbonyl (C=O) groups excluding carboxylic acids is 1. The lowest BCUT2D eigenvalue weighted by Crippen LogP contribution is -2.40. The van der Waals surface area contributed by atoms with Crippen LogP contribution in [0.15, 0.2) is 0 Å². The molecule has 1 aliphatic heterocycles. The first-order valence-corrected chi connectivity index (χ1v) is 7.52. The fourth-order valence-corrected chi connectivity index (χ4v) is 2.44. The van der Waals surface area contributed by atoms with Gasteiger partial charge in [0.2, 0.25) is 0 Å². The topological polar surface area (TPSA) is 70.1 Å². The summed E-state index contributed by atoms with van der Waals surface area (Å²) in [7, 11) is 0. The van der Waals surface area contributed by atoms with Crippen LogP contribution in [-0.2, 0) is 9.53 Å². The molecule has 0 unspecified atom stereocenters. The molecule has 0 aromatic rings. The Bertz CT molecular complexity index is 376. The molecule has 1 N–H and O–H groups in total. The number of carboxylic acids is 1. The highest BCUT2D eigenvalue weighted by Crippen LogP contribution is 2.21. The van der Waals surface area contributed by atoms with Crippen LogP contribution in [0.2, 0.25) is 0 Å². The molecule has 0 radical (unpaired) electrons. The molecular formula is C15H28N2O4. The molecule has 0 aromatic heterocycles. The number of aliphatic carboxylic acids is 1. The van der Waals surface area contributed by atoms with Crippen LogP contribution in [0, 0.1) is 5.92 Å². The minimum Gasteiger partial charge on any atom is -0.480 e. The Morgan fingerprint density at radius 3 is 2.48 bits per heavy atom. The molecular weight excluding hydrogens is 272 g/mol. The second-order valence-corrected chi connectivity index (χ2v) is 7.00. The number of rotatable bonds is 5. The first-order chi connectivity index (χ1) is 9.58. The Hall–Kier alpha value is -1.30. The zero-order valence-electron chi connectivity index (χ0n) is 13.8. The van der Waals surface area contributed by atoms with E-state index in [-0.39, 0.29) is 18.7 Å². The summed E-state index contributed by atoms with van der Waals surface area (Å²) < 4.78 is 5.37. The van der Waals surface area contributed by atoms with Crippen molar-refractivity contribution in [3.8, 4) is 0 Å². The molecule has 0 aliphatic carbocycles. The summed E-state index contributed by atoms with van der Waals surface area (Å²) in [4.78, 5) is 26.5. The van der Waals surface area contributed by atoms with Gasteiger partial charge in [0.1, 0.15) is 5.60 Å². The lowest BCUT2D eigenvalue weighted by molar-refractivity contribution is -0.139. The van der Waals surface area contributed by atoms with Crippen LogP contribution in [0.25, 0.3) is 0 Å². The van der Waals surface area contributed by atoms with E-state index < -0.39 is 11.6 Å². The van der Waals surface area contributed by atoms with Gasteiger partial charge in [-0.1, -0.05) is 0 Å². The van der Waals surface area contributed by atoms with Crippen LogP contribution >= 0.6 is 0 Å². The van der Waals surface area contributed by atoms with Gasteiger partial charge in [0.05, 0.1) is 6.54 Å². The van der Waals surface area contributed by atoms with Crippen LogP contribution < -0.4 is 0 Å². The van der Waals surface area contributed by atoms with Crippen molar-refractivity contribution < 1.29 is 19.4 Å². The summed E-state index contributed by atoms with van der Waals surface area (Å²) in [5.41, 5.74) is -0.484. The van der Waals surface area contributed by atoms with E-state index in [4.69, 9.17) is 9.84 Å². The number of carboxylic acid groups (broad SMARTS) is 1. The van der Waals surface area contributed by atoms with Crippen LogP contribution in [0.3, 0.4) is 0 Å². The molecule has 21 heavy (non-hydrogen) atoms. The Morgan fingerprint density at radius 1 is 1.38 bits per heavy atom. The van der Waals surface area contributed by atoms with Crippen molar-refractivity contribution in [2.24, 2.45) is 5.92 Å². The van der Waals surface area contributed by atoms with Crippen LogP contribution in [0.5, 0.6) is 0 Å². The number of hydrogen-bond acceptors (Lipinski definition) is 4. The summed E-state index contributed by atoms with van der Waals surface area (Å²) in [6.45, 7) is 11.6. The third kappa shape index (κ3) is 6.33. The monoisotopic (exact) mass is 300 g/mol. The van der Waals surface area contributed by atoms with E-state index in [2.05, 4.69) is 0 Å². The van der Waals surface area contributed by atoms with Crippen molar-refractivity contribution in [3.63, 3.8) is 0 Å². The number of likely N-dealkylation sites (tertiary alicyclic amines) is 1. The second-order valence-electron chi connectivity index (χ2n) is 7.00. The van der Waals surface area contributed by atoms with E-state index in [1.807, 2.05) is 39.5 Å². The van der Waals surface area contributed by atoms with Gasteiger partial charge in [0, 0.05) is 25.7 Å². The highest BCUT2D eigenvalue weighted by atomic mass is 16.6. The van der Waals surface area contributed by atoms with Gasteiger partial charge < -0.3 is 14.7 Å². The third-order valence-electron chi connectivity index (χ3n) is 3.50. The molecule has 0 bridgehead atoms. The molecule has 1 heterocycles. The smallest absolute Gasteiger partial charge is 0.410 e. The fourth-order valence-electron chi connectivity index (χ4n) is 2.44. The molecule has 6 heteroatoms. The fraction of sp³-hybridized carbons (Fsp3) is 0.867. The van der Waals surface area contributed by atoms with Gasteiger partial charge in [-0.3, -0.25) is 9.69 Å². The van der Waals surface area contributed by atoms with E-state index in [0.29, 0.717) is 25.6 Å². The second kappa shape index (κ2) is 7.11. The van der Waals surface area contributed by atoms with Gasteiger partial charge in [0.15, 0.2) is 0 Å². The standard InChI is InChI=1S/C15H28N2O4/c1-11(2)17(10-13(18)19)9-12-6-7-16(8-12)14(20)21-15(3,4)5/h11-12H,6-10H2,1-5H3,(H,18,19)/t12-/m0/s1. The minimum atomic E-state index is -0.814. The van der Waals surface area contributed by atoms with Crippen LogP contribution in [0.4, 0.5) is 4.79 Å². The zero-order chi connectivity index (χ0) is 16.2. The number of amides is 1. The molecule has 6 nitrogen and oxygen atoms in total. The first kappa shape index (κ1) is 17.8. The minimum absolute atomic E-state index is 0.0423. The maximum absolute atomic E-state index is 12.0. The predicted molar refractivity (Wildman–Crippen MR) is 80.3 cm³/mol. The van der Waals surface area contributed by atoms with Gasteiger partial charge in [-0.25, -0.2) is 4.79 Å². The average Bonchev–Trinajstić information content (AvgIpc) is 2.73. The normalized spacial score (nSPS) is 19.4. The molecule has 0 aromatic carbocycles. The SMILES string of the molecule is CC(C)N(CC(=O)O)C[C@H]1CCN(C(=O)OC(C)(C)C)C1. The Morgan fingerprint density at radius 2 is 2.00 bits per heavy atom. The summed E-state index contributed by atoms with van der Waals surface area (Å²) in [5.74, 6) is -0.509. The molecule has 1 atom stereocenters.